The number of unbranched alkanes of at least 4 members (excludes halogenated alkanes) is 1. The summed E-state index contributed by atoms with van der Waals surface area (Å²) < 4.78 is 6.90. The number of aryl methyl sites for hydroxylation is 1. The lowest BCUT2D eigenvalue weighted by Crippen LogP contribution is -2.07. The van der Waals surface area contributed by atoms with Crippen LogP contribution >= 0.6 is 0 Å². The van der Waals surface area contributed by atoms with E-state index in [0.717, 1.165) is 12.8 Å². The van der Waals surface area contributed by atoms with Crippen LogP contribution in [0.4, 0.5) is 0 Å². The van der Waals surface area contributed by atoms with E-state index in [-0.39, 0.29) is 5.56 Å². The van der Waals surface area contributed by atoms with E-state index in [1.54, 1.807) is 7.05 Å². The maximum atomic E-state index is 10.8. The minimum Gasteiger partial charge on any atom is -0.478 e. The van der Waals surface area contributed by atoms with Crippen molar-refractivity contribution in [1.29, 1.82) is 0 Å². The van der Waals surface area contributed by atoms with Gasteiger partial charge in [-0.15, -0.1) is 0 Å². The van der Waals surface area contributed by atoms with Crippen molar-refractivity contribution in [3.8, 4) is 0 Å². The molecule has 15 heavy (non-hydrogen) atoms. The molecule has 0 atom stereocenters. The molecule has 1 heterocycles. The van der Waals surface area contributed by atoms with Gasteiger partial charge in [-0.1, -0.05) is 13.3 Å². The molecule has 1 aromatic rings. The van der Waals surface area contributed by atoms with Gasteiger partial charge in [0.15, 0.2) is 0 Å². The van der Waals surface area contributed by atoms with Crippen molar-refractivity contribution in [2.75, 3.05) is 6.61 Å². The van der Waals surface area contributed by atoms with Gasteiger partial charge in [0.25, 0.3) is 0 Å². The monoisotopic (exact) mass is 212 g/mol. The molecular weight excluding hydrogens is 196 g/mol. The summed E-state index contributed by atoms with van der Waals surface area (Å²) in [6, 6.07) is 0. The Kier molecular flexibility index (Phi) is 4.30. The van der Waals surface area contributed by atoms with E-state index in [2.05, 4.69) is 12.0 Å². The van der Waals surface area contributed by atoms with Crippen molar-refractivity contribution in [1.82, 2.24) is 9.78 Å². The Morgan fingerprint density at radius 3 is 3.00 bits per heavy atom. The third-order valence-corrected chi connectivity index (χ3v) is 2.17. The van der Waals surface area contributed by atoms with Crippen LogP contribution in [0.25, 0.3) is 0 Å². The molecule has 0 spiro atoms. The van der Waals surface area contributed by atoms with Crippen LogP contribution in [0, 0.1) is 0 Å². The summed E-state index contributed by atoms with van der Waals surface area (Å²) in [6.45, 7) is 3.04. The third kappa shape index (κ3) is 3.06. The van der Waals surface area contributed by atoms with Crippen LogP contribution in [0.2, 0.25) is 0 Å². The summed E-state index contributed by atoms with van der Waals surface area (Å²) >= 11 is 0. The van der Waals surface area contributed by atoms with E-state index in [1.807, 2.05) is 0 Å². The molecule has 1 rings (SSSR count). The second kappa shape index (κ2) is 5.50. The number of rotatable bonds is 6. The van der Waals surface area contributed by atoms with Gasteiger partial charge in [-0.25, -0.2) is 4.79 Å². The quantitative estimate of drug-likeness (QED) is 0.724. The summed E-state index contributed by atoms with van der Waals surface area (Å²) in [5.41, 5.74) is 0.826. The van der Waals surface area contributed by atoms with Crippen LogP contribution in [0.15, 0.2) is 6.20 Å². The van der Waals surface area contributed by atoms with Crippen LogP contribution < -0.4 is 0 Å². The SMILES string of the molecule is CCCCOCc1c(C(=O)O)cnn1C. The fraction of sp³-hybridized carbons (Fsp3) is 0.600. The maximum absolute atomic E-state index is 10.8. The van der Waals surface area contributed by atoms with Crippen molar-refractivity contribution in [3.63, 3.8) is 0 Å². The summed E-state index contributed by atoms with van der Waals surface area (Å²) in [4.78, 5) is 10.8. The van der Waals surface area contributed by atoms with E-state index >= 15 is 0 Å². The molecule has 5 heteroatoms. The smallest absolute Gasteiger partial charge is 0.339 e. The Hall–Kier alpha value is -1.36. The Balaban J connectivity index is 2.58. The zero-order valence-electron chi connectivity index (χ0n) is 9.06. The number of carboxylic acids is 1. The van der Waals surface area contributed by atoms with Crippen molar-refractivity contribution in [2.24, 2.45) is 7.05 Å². The average Bonchev–Trinajstić information content (AvgIpc) is 2.55. The Labute approximate surface area is 88.7 Å². The van der Waals surface area contributed by atoms with E-state index in [0.29, 0.717) is 18.9 Å². The van der Waals surface area contributed by atoms with Crippen LogP contribution in [0.5, 0.6) is 0 Å². The molecule has 0 aromatic carbocycles. The van der Waals surface area contributed by atoms with Gasteiger partial charge in [-0.3, -0.25) is 4.68 Å². The minimum atomic E-state index is -0.961. The van der Waals surface area contributed by atoms with Crippen LogP contribution in [0.3, 0.4) is 0 Å². The molecule has 0 fully saturated rings. The highest BCUT2D eigenvalue weighted by molar-refractivity contribution is 5.88. The molecule has 0 aliphatic rings. The highest BCUT2D eigenvalue weighted by Crippen LogP contribution is 2.09. The van der Waals surface area contributed by atoms with Crippen molar-refractivity contribution in [3.05, 3.63) is 17.5 Å². The molecular formula is C10H16N2O3. The highest BCUT2D eigenvalue weighted by atomic mass is 16.5. The lowest BCUT2D eigenvalue weighted by Gasteiger charge is -2.05. The molecule has 0 saturated carbocycles. The first kappa shape index (κ1) is 11.7. The first-order valence-electron chi connectivity index (χ1n) is 4.98. The minimum absolute atomic E-state index is 0.217. The normalized spacial score (nSPS) is 10.5. The fourth-order valence-corrected chi connectivity index (χ4v) is 1.23. The average molecular weight is 212 g/mol. The predicted octanol–water partition coefficient (Wildman–Crippen LogP) is 1.44. The van der Waals surface area contributed by atoms with Gasteiger partial charge in [0, 0.05) is 13.7 Å². The molecule has 5 nitrogen and oxygen atoms in total. The van der Waals surface area contributed by atoms with Gasteiger partial charge in [-0.2, -0.15) is 5.10 Å². The van der Waals surface area contributed by atoms with E-state index in [4.69, 9.17) is 9.84 Å². The Morgan fingerprint density at radius 1 is 1.67 bits per heavy atom. The molecule has 0 saturated heterocycles. The Bertz CT molecular complexity index is 333. The number of carboxylic acid groups (broad SMARTS) is 1. The van der Waals surface area contributed by atoms with Crippen LogP contribution in [0.1, 0.15) is 35.8 Å². The van der Waals surface area contributed by atoms with E-state index in [1.165, 1.54) is 10.9 Å². The lowest BCUT2D eigenvalue weighted by atomic mass is 10.2. The number of nitrogens with zero attached hydrogens (tertiary/aromatic N) is 2. The first-order chi connectivity index (χ1) is 7.16. The number of aromatic carboxylic acids is 1. The van der Waals surface area contributed by atoms with Gasteiger partial charge >= 0.3 is 5.97 Å². The first-order valence-corrected chi connectivity index (χ1v) is 4.98. The zero-order chi connectivity index (χ0) is 11.3. The summed E-state index contributed by atoms with van der Waals surface area (Å²) in [5.74, 6) is -0.961. The molecule has 0 aliphatic carbocycles. The van der Waals surface area contributed by atoms with Crippen molar-refractivity contribution in [2.45, 2.75) is 26.4 Å². The van der Waals surface area contributed by atoms with Gasteiger partial charge in [0.2, 0.25) is 0 Å². The molecule has 0 aliphatic heterocycles. The van der Waals surface area contributed by atoms with Gasteiger partial charge in [-0.05, 0) is 6.42 Å². The fourth-order valence-electron chi connectivity index (χ4n) is 1.23. The number of ether oxygens (including phenoxy) is 1. The number of hydrogen-bond donors (Lipinski definition) is 1. The molecule has 0 amide bonds. The standard InChI is InChI=1S/C10H16N2O3/c1-3-4-5-15-7-9-8(10(13)14)6-11-12(9)2/h6H,3-5,7H2,1-2H3,(H,13,14). The molecule has 1 aromatic heterocycles. The number of hydrogen-bond acceptors (Lipinski definition) is 3. The molecule has 0 unspecified atom stereocenters. The number of carbonyl (C=O) groups is 1. The molecule has 0 radical (unpaired) electrons. The van der Waals surface area contributed by atoms with Crippen LogP contribution in [-0.4, -0.2) is 27.5 Å². The predicted molar refractivity (Wildman–Crippen MR) is 54.7 cm³/mol. The van der Waals surface area contributed by atoms with Crippen molar-refractivity contribution >= 4 is 5.97 Å². The lowest BCUT2D eigenvalue weighted by molar-refractivity contribution is 0.0685. The number of aromatic nitrogens is 2. The van der Waals surface area contributed by atoms with E-state index in [9.17, 15) is 4.79 Å². The van der Waals surface area contributed by atoms with Gasteiger partial charge < -0.3 is 9.84 Å². The summed E-state index contributed by atoms with van der Waals surface area (Å²) in [6.07, 6.45) is 3.40. The summed E-state index contributed by atoms with van der Waals surface area (Å²) in [5, 5.41) is 12.8. The second-order valence-corrected chi connectivity index (χ2v) is 3.34. The maximum Gasteiger partial charge on any atom is 0.339 e. The van der Waals surface area contributed by atoms with Crippen molar-refractivity contribution < 1.29 is 14.6 Å². The molecule has 84 valence electrons. The van der Waals surface area contributed by atoms with Crippen LogP contribution in [-0.2, 0) is 18.4 Å². The topological polar surface area (TPSA) is 64.3 Å². The zero-order valence-corrected chi connectivity index (χ0v) is 9.06. The second-order valence-electron chi connectivity index (χ2n) is 3.34. The highest BCUT2D eigenvalue weighted by Gasteiger charge is 2.14. The Morgan fingerprint density at radius 2 is 2.40 bits per heavy atom. The van der Waals surface area contributed by atoms with Gasteiger partial charge in [0.05, 0.1) is 18.5 Å². The molecule has 0 bridgehead atoms. The van der Waals surface area contributed by atoms with E-state index < -0.39 is 5.97 Å². The molecule has 1 N–H and O–H groups in total. The largest absolute Gasteiger partial charge is 0.478 e. The third-order valence-electron chi connectivity index (χ3n) is 2.17. The summed E-state index contributed by atoms with van der Waals surface area (Å²) in [7, 11) is 1.71. The van der Waals surface area contributed by atoms with Gasteiger partial charge in [0.1, 0.15) is 5.56 Å².